The molecule has 3 rings (SSSR count). The normalized spacial score (nSPS) is 19.4. The van der Waals surface area contributed by atoms with Crippen LogP contribution < -0.4 is 5.73 Å². The summed E-state index contributed by atoms with van der Waals surface area (Å²) in [6, 6.07) is 18.1. The summed E-state index contributed by atoms with van der Waals surface area (Å²) in [5, 5.41) is 0. The summed E-state index contributed by atoms with van der Waals surface area (Å²) in [6.45, 7) is 3.63. The van der Waals surface area contributed by atoms with E-state index < -0.39 is 0 Å². The zero-order valence-corrected chi connectivity index (χ0v) is 13.6. The predicted octanol–water partition coefficient (Wildman–Crippen LogP) is 3.55. The van der Waals surface area contributed by atoms with Crippen molar-refractivity contribution in [2.75, 3.05) is 13.1 Å². The second-order valence-electron chi connectivity index (χ2n) is 6.42. The maximum Gasteiger partial charge on any atom is 0.254 e. The summed E-state index contributed by atoms with van der Waals surface area (Å²) < 4.78 is 0. The number of hydrogen-bond acceptors (Lipinski definition) is 2. The Morgan fingerprint density at radius 1 is 1.13 bits per heavy atom. The first-order valence-electron chi connectivity index (χ1n) is 8.36. The minimum atomic E-state index is 0.120. The Morgan fingerprint density at radius 2 is 1.83 bits per heavy atom. The Hall–Kier alpha value is -2.13. The van der Waals surface area contributed by atoms with Crippen LogP contribution in [-0.2, 0) is 0 Å². The summed E-state index contributed by atoms with van der Waals surface area (Å²) in [4.78, 5) is 15.0. The molecule has 2 N–H and O–H groups in total. The molecule has 2 aromatic rings. The lowest BCUT2D eigenvalue weighted by Gasteiger charge is -2.35. The Labute approximate surface area is 138 Å². The molecule has 3 nitrogen and oxygen atoms in total. The number of carbonyl (C=O) groups excluding carboxylic acids is 1. The van der Waals surface area contributed by atoms with E-state index in [1.165, 1.54) is 0 Å². The number of amides is 1. The topological polar surface area (TPSA) is 46.3 Å². The molecule has 1 heterocycles. The van der Waals surface area contributed by atoms with Crippen LogP contribution in [0.5, 0.6) is 0 Å². The van der Waals surface area contributed by atoms with E-state index >= 15 is 0 Å². The van der Waals surface area contributed by atoms with Gasteiger partial charge in [-0.05, 0) is 42.9 Å². The standard InChI is InChI=1S/C20H24N2O/c1-15(21)17-10-7-13-22(14-17)20(23)19-12-6-5-11-18(19)16-8-3-2-4-9-16/h2-6,8-9,11-12,15,17H,7,10,13-14,21H2,1H3/t15-,17-/m1/s1. The highest BCUT2D eigenvalue weighted by Gasteiger charge is 2.27. The Morgan fingerprint density at radius 3 is 2.57 bits per heavy atom. The molecule has 0 unspecified atom stereocenters. The average molecular weight is 308 g/mol. The van der Waals surface area contributed by atoms with Crippen LogP contribution in [0.25, 0.3) is 11.1 Å². The lowest BCUT2D eigenvalue weighted by molar-refractivity contribution is 0.0662. The Bertz CT molecular complexity index is 666. The fraction of sp³-hybridized carbons (Fsp3) is 0.350. The third-order valence-electron chi connectivity index (χ3n) is 4.73. The van der Waals surface area contributed by atoms with Crippen molar-refractivity contribution in [1.29, 1.82) is 0 Å². The fourth-order valence-corrected chi connectivity index (χ4v) is 3.33. The van der Waals surface area contributed by atoms with Crippen molar-refractivity contribution >= 4 is 5.91 Å². The summed E-state index contributed by atoms with van der Waals surface area (Å²) in [5.74, 6) is 0.520. The molecule has 1 saturated heterocycles. The highest BCUT2D eigenvalue weighted by atomic mass is 16.2. The molecule has 23 heavy (non-hydrogen) atoms. The van der Waals surface area contributed by atoms with Gasteiger partial charge in [0.2, 0.25) is 0 Å². The smallest absolute Gasteiger partial charge is 0.254 e. The molecule has 1 aliphatic heterocycles. The van der Waals surface area contributed by atoms with Crippen molar-refractivity contribution in [2.24, 2.45) is 11.7 Å². The van der Waals surface area contributed by atoms with Gasteiger partial charge in [0.05, 0.1) is 0 Å². The van der Waals surface area contributed by atoms with Crippen molar-refractivity contribution in [3.8, 4) is 11.1 Å². The number of nitrogens with zero attached hydrogens (tertiary/aromatic N) is 1. The molecule has 1 amide bonds. The van der Waals surface area contributed by atoms with Gasteiger partial charge in [0.15, 0.2) is 0 Å². The van der Waals surface area contributed by atoms with Crippen molar-refractivity contribution in [1.82, 2.24) is 4.90 Å². The molecule has 1 aliphatic rings. The summed E-state index contributed by atoms with van der Waals surface area (Å²) in [5.41, 5.74) is 8.91. The minimum Gasteiger partial charge on any atom is -0.338 e. The van der Waals surface area contributed by atoms with Gasteiger partial charge in [-0.25, -0.2) is 0 Å². The van der Waals surface area contributed by atoms with Crippen LogP contribution in [0, 0.1) is 5.92 Å². The molecule has 1 fully saturated rings. The van der Waals surface area contributed by atoms with Crippen LogP contribution in [0.4, 0.5) is 0 Å². The van der Waals surface area contributed by atoms with Crippen LogP contribution in [0.15, 0.2) is 54.6 Å². The molecule has 120 valence electrons. The SMILES string of the molecule is C[C@@H](N)[C@@H]1CCCN(C(=O)c2ccccc2-c2ccccc2)C1. The number of benzene rings is 2. The average Bonchev–Trinajstić information content (AvgIpc) is 2.62. The van der Waals surface area contributed by atoms with E-state index in [2.05, 4.69) is 0 Å². The minimum absolute atomic E-state index is 0.120. The Balaban J connectivity index is 1.88. The molecule has 0 aliphatic carbocycles. The second-order valence-corrected chi connectivity index (χ2v) is 6.42. The van der Waals surface area contributed by atoms with Crippen molar-refractivity contribution in [3.63, 3.8) is 0 Å². The molecule has 0 bridgehead atoms. The molecule has 2 atom stereocenters. The van der Waals surface area contributed by atoms with Crippen LogP contribution in [0.1, 0.15) is 30.1 Å². The second kappa shape index (κ2) is 6.97. The predicted molar refractivity (Wildman–Crippen MR) is 94.2 cm³/mol. The van der Waals surface area contributed by atoms with E-state index in [-0.39, 0.29) is 11.9 Å². The molecule has 0 saturated carbocycles. The number of carbonyl (C=O) groups is 1. The van der Waals surface area contributed by atoms with Gasteiger partial charge in [0.25, 0.3) is 5.91 Å². The first-order valence-corrected chi connectivity index (χ1v) is 8.36. The highest BCUT2D eigenvalue weighted by molar-refractivity contribution is 6.00. The quantitative estimate of drug-likeness (QED) is 0.942. The first kappa shape index (κ1) is 15.8. The van der Waals surface area contributed by atoms with E-state index in [1.54, 1.807) is 0 Å². The molecule has 0 spiro atoms. The van der Waals surface area contributed by atoms with Crippen molar-refractivity contribution in [2.45, 2.75) is 25.8 Å². The van der Waals surface area contributed by atoms with Crippen molar-refractivity contribution in [3.05, 3.63) is 60.2 Å². The van der Waals surface area contributed by atoms with Crippen LogP contribution in [0.2, 0.25) is 0 Å². The maximum atomic E-state index is 13.0. The van der Waals surface area contributed by atoms with Gasteiger partial charge in [-0.2, -0.15) is 0 Å². The number of rotatable bonds is 3. The molecular weight excluding hydrogens is 284 g/mol. The van der Waals surface area contributed by atoms with Crippen molar-refractivity contribution < 1.29 is 4.79 Å². The van der Waals surface area contributed by atoms with Gasteiger partial charge < -0.3 is 10.6 Å². The van der Waals surface area contributed by atoms with Crippen LogP contribution >= 0.6 is 0 Å². The first-order chi connectivity index (χ1) is 11.2. The van der Waals surface area contributed by atoms with Crippen LogP contribution in [-0.4, -0.2) is 29.9 Å². The number of hydrogen-bond donors (Lipinski definition) is 1. The Kier molecular flexibility index (Phi) is 4.77. The van der Waals surface area contributed by atoms with Gasteiger partial charge in [0, 0.05) is 24.7 Å². The highest BCUT2D eigenvalue weighted by Crippen LogP contribution is 2.27. The van der Waals surface area contributed by atoms with Gasteiger partial charge in [-0.1, -0.05) is 48.5 Å². The third kappa shape index (κ3) is 3.45. The maximum absolute atomic E-state index is 13.0. The third-order valence-corrected chi connectivity index (χ3v) is 4.73. The lowest BCUT2D eigenvalue weighted by Crippen LogP contribution is -2.45. The fourth-order valence-electron chi connectivity index (χ4n) is 3.33. The molecule has 2 aromatic carbocycles. The van der Waals surface area contributed by atoms with Crippen LogP contribution in [0.3, 0.4) is 0 Å². The van der Waals surface area contributed by atoms with E-state index in [9.17, 15) is 4.79 Å². The molecule has 0 aromatic heterocycles. The molecule has 3 heteroatoms. The zero-order valence-electron chi connectivity index (χ0n) is 13.6. The zero-order chi connectivity index (χ0) is 16.2. The van der Waals surface area contributed by atoms with E-state index in [0.29, 0.717) is 5.92 Å². The number of nitrogens with two attached hydrogens (primary N) is 1. The van der Waals surface area contributed by atoms with Gasteiger partial charge in [-0.3, -0.25) is 4.79 Å². The molecular formula is C20H24N2O. The summed E-state index contributed by atoms with van der Waals surface area (Å²) in [6.07, 6.45) is 2.15. The van der Waals surface area contributed by atoms with Gasteiger partial charge in [-0.15, -0.1) is 0 Å². The number of likely N-dealkylation sites (tertiary alicyclic amines) is 1. The largest absolute Gasteiger partial charge is 0.338 e. The van der Waals surface area contributed by atoms with Gasteiger partial charge >= 0.3 is 0 Å². The van der Waals surface area contributed by atoms with Gasteiger partial charge in [0.1, 0.15) is 0 Å². The summed E-state index contributed by atoms with van der Waals surface area (Å²) >= 11 is 0. The van der Waals surface area contributed by atoms with E-state index in [4.69, 9.17) is 5.73 Å². The molecule has 0 radical (unpaired) electrons. The lowest BCUT2D eigenvalue weighted by atomic mass is 9.91. The monoisotopic (exact) mass is 308 g/mol. The van der Waals surface area contributed by atoms with E-state index in [0.717, 1.165) is 42.6 Å². The number of piperidine rings is 1. The summed E-state index contributed by atoms with van der Waals surface area (Å²) in [7, 11) is 0. The van der Waals surface area contributed by atoms with E-state index in [1.807, 2.05) is 66.4 Å².